The highest BCUT2D eigenvalue weighted by atomic mass is 16.5. The molecule has 1 aliphatic rings. The van der Waals surface area contributed by atoms with Crippen molar-refractivity contribution in [3.05, 3.63) is 48.4 Å². The fraction of sp³-hybridized carbons (Fsp3) is 0.292. The van der Waals surface area contributed by atoms with Crippen molar-refractivity contribution in [1.82, 2.24) is 24.6 Å². The third-order valence-electron chi connectivity index (χ3n) is 5.75. The number of nitrogens with zero attached hydrogens (tertiary/aromatic N) is 5. The minimum Gasteiger partial charge on any atom is -0.497 e. The largest absolute Gasteiger partial charge is 0.497 e. The number of rotatable bonds is 5. The van der Waals surface area contributed by atoms with Crippen molar-refractivity contribution in [2.45, 2.75) is 18.5 Å². The lowest BCUT2D eigenvalue weighted by atomic mass is 10.1. The molecule has 1 aliphatic heterocycles. The predicted octanol–water partition coefficient (Wildman–Crippen LogP) is 1.33. The van der Waals surface area contributed by atoms with Crippen LogP contribution < -0.4 is 15.2 Å². The number of benzene rings is 1. The highest BCUT2D eigenvalue weighted by Gasteiger charge is 2.41. The molecule has 1 saturated heterocycles. The lowest BCUT2D eigenvalue weighted by molar-refractivity contribution is -0.149. The van der Waals surface area contributed by atoms with Crippen molar-refractivity contribution in [2.24, 2.45) is 0 Å². The van der Waals surface area contributed by atoms with Crippen LogP contribution in [0.3, 0.4) is 0 Å². The number of nitrogen functional groups attached to an aromatic ring is 1. The first-order chi connectivity index (χ1) is 16.9. The number of amides is 1. The maximum atomic E-state index is 12.4. The molecular formula is C24H24N6O5. The minimum absolute atomic E-state index is 0.214. The van der Waals surface area contributed by atoms with Crippen LogP contribution in [0.25, 0.3) is 11.0 Å². The van der Waals surface area contributed by atoms with E-state index in [9.17, 15) is 9.59 Å². The van der Waals surface area contributed by atoms with Gasteiger partial charge in [0.15, 0.2) is 5.65 Å². The van der Waals surface area contributed by atoms with Crippen LogP contribution >= 0.6 is 0 Å². The van der Waals surface area contributed by atoms with Crippen LogP contribution in [0.15, 0.2) is 37.2 Å². The van der Waals surface area contributed by atoms with Gasteiger partial charge in [-0.3, -0.25) is 4.79 Å². The monoisotopic (exact) mass is 476 g/mol. The number of aromatic nitrogens is 4. The van der Waals surface area contributed by atoms with E-state index in [2.05, 4.69) is 33.5 Å². The molecule has 0 radical (unpaired) electrons. The zero-order chi connectivity index (χ0) is 25.1. The highest BCUT2D eigenvalue weighted by Crippen LogP contribution is 2.32. The summed E-state index contributed by atoms with van der Waals surface area (Å²) in [4.78, 5) is 34.6. The van der Waals surface area contributed by atoms with Gasteiger partial charge in [-0.1, -0.05) is 12.5 Å². The van der Waals surface area contributed by atoms with Crippen molar-refractivity contribution in [2.75, 3.05) is 33.6 Å². The van der Waals surface area contributed by atoms with E-state index in [4.69, 9.17) is 19.9 Å². The fourth-order valence-corrected chi connectivity index (χ4v) is 4.06. The summed E-state index contributed by atoms with van der Waals surface area (Å²) in [5.74, 6) is 6.62. The van der Waals surface area contributed by atoms with Crippen molar-refractivity contribution in [3.63, 3.8) is 0 Å². The molecule has 0 unspecified atom stereocenters. The molecule has 2 N–H and O–H groups in total. The van der Waals surface area contributed by atoms with E-state index in [1.807, 2.05) is 0 Å². The molecule has 1 fully saturated rings. The molecule has 180 valence electrons. The molecule has 1 amide bonds. The maximum absolute atomic E-state index is 12.4. The van der Waals surface area contributed by atoms with Gasteiger partial charge in [0.1, 0.15) is 35.4 Å². The van der Waals surface area contributed by atoms with Crippen LogP contribution in [-0.4, -0.2) is 70.4 Å². The van der Waals surface area contributed by atoms with E-state index in [-0.39, 0.29) is 30.7 Å². The van der Waals surface area contributed by atoms with Gasteiger partial charge in [0.05, 0.1) is 32.8 Å². The van der Waals surface area contributed by atoms with E-state index < -0.39 is 12.0 Å². The Kier molecular flexibility index (Phi) is 6.55. The van der Waals surface area contributed by atoms with Gasteiger partial charge in [-0.25, -0.2) is 19.4 Å². The number of nitrogens with two attached hydrogens (primary N) is 1. The molecule has 0 spiro atoms. The summed E-state index contributed by atoms with van der Waals surface area (Å²) in [6, 6.07) is 4.14. The molecule has 2 atom stereocenters. The molecule has 4 rings (SSSR count). The smallest absolute Gasteiger partial charge is 0.328 e. The average Bonchev–Trinajstić information content (AvgIpc) is 3.49. The summed E-state index contributed by atoms with van der Waals surface area (Å²) in [5.41, 5.74) is 7.62. The van der Waals surface area contributed by atoms with Gasteiger partial charge in [0, 0.05) is 24.6 Å². The first-order valence-corrected chi connectivity index (χ1v) is 10.6. The molecule has 11 nitrogen and oxygen atoms in total. The third-order valence-corrected chi connectivity index (χ3v) is 5.75. The molecule has 3 aromatic rings. The predicted molar refractivity (Wildman–Crippen MR) is 127 cm³/mol. The van der Waals surface area contributed by atoms with Crippen LogP contribution in [-0.2, 0) is 14.3 Å². The molecule has 11 heteroatoms. The van der Waals surface area contributed by atoms with Crippen molar-refractivity contribution < 1.29 is 23.8 Å². The normalized spacial score (nSPS) is 16.9. The van der Waals surface area contributed by atoms with E-state index in [1.54, 1.807) is 37.1 Å². The molecule has 3 heterocycles. The second kappa shape index (κ2) is 9.72. The Morgan fingerprint density at radius 3 is 2.49 bits per heavy atom. The van der Waals surface area contributed by atoms with E-state index in [0.717, 1.165) is 0 Å². The van der Waals surface area contributed by atoms with Gasteiger partial charge in [-0.15, -0.1) is 0 Å². The zero-order valence-electron chi connectivity index (χ0n) is 19.5. The number of fused-ring (bicyclic) bond motifs is 1. The Balaban J connectivity index is 1.78. The van der Waals surface area contributed by atoms with Crippen molar-refractivity contribution >= 4 is 28.7 Å². The quantitative estimate of drug-likeness (QED) is 0.329. The summed E-state index contributed by atoms with van der Waals surface area (Å²) in [7, 11) is 4.40. The second-order valence-corrected chi connectivity index (χ2v) is 7.73. The highest BCUT2D eigenvalue weighted by molar-refractivity contribution is 5.92. The number of esters is 1. The van der Waals surface area contributed by atoms with Gasteiger partial charge < -0.3 is 24.8 Å². The van der Waals surface area contributed by atoms with Crippen LogP contribution in [0.1, 0.15) is 23.7 Å². The number of carbonyl (C=O) groups excluding carboxylic acids is 2. The van der Waals surface area contributed by atoms with Gasteiger partial charge in [0.25, 0.3) is 0 Å². The van der Waals surface area contributed by atoms with E-state index in [1.165, 1.54) is 24.4 Å². The summed E-state index contributed by atoms with van der Waals surface area (Å²) in [5, 5.41) is 5.14. The van der Waals surface area contributed by atoms with Gasteiger partial charge in [0.2, 0.25) is 5.91 Å². The van der Waals surface area contributed by atoms with Gasteiger partial charge in [-0.05, 0) is 24.1 Å². The molecule has 0 aliphatic carbocycles. The lowest BCUT2D eigenvalue weighted by Crippen LogP contribution is -2.40. The topological polar surface area (TPSA) is 135 Å². The molecule has 1 aromatic carbocycles. The molecule has 2 aromatic heterocycles. The van der Waals surface area contributed by atoms with E-state index >= 15 is 0 Å². The van der Waals surface area contributed by atoms with Crippen LogP contribution in [0.5, 0.6) is 11.5 Å². The summed E-state index contributed by atoms with van der Waals surface area (Å²) < 4.78 is 17.1. The number of carbonyl (C=O) groups is 2. The second-order valence-electron chi connectivity index (χ2n) is 7.73. The number of likely N-dealkylation sites (tertiary alicyclic amines) is 1. The van der Waals surface area contributed by atoms with Gasteiger partial charge >= 0.3 is 5.97 Å². The zero-order valence-corrected chi connectivity index (χ0v) is 19.5. The number of anilines is 1. The van der Waals surface area contributed by atoms with E-state index in [0.29, 0.717) is 33.8 Å². The Morgan fingerprint density at radius 1 is 1.14 bits per heavy atom. The Morgan fingerprint density at radius 2 is 1.86 bits per heavy atom. The SMILES string of the molecule is C=CC(=O)N1C[C@@H](n2nc(C#Cc3cc(OC)cc(OC)c3)c3c(N)ncnc32)C[C@H]1C(=O)OC. The van der Waals surface area contributed by atoms with Crippen molar-refractivity contribution in [1.29, 1.82) is 0 Å². The number of hydrogen-bond acceptors (Lipinski definition) is 9. The number of hydrogen-bond donors (Lipinski definition) is 1. The van der Waals surface area contributed by atoms with Crippen LogP contribution in [0.2, 0.25) is 0 Å². The molecule has 0 saturated carbocycles. The van der Waals surface area contributed by atoms with Crippen molar-refractivity contribution in [3.8, 4) is 23.3 Å². The molecule has 35 heavy (non-hydrogen) atoms. The van der Waals surface area contributed by atoms with Crippen LogP contribution in [0, 0.1) is 11.8 Å². The first kappa shape index (κ1) is 23.6. The Bertz CT molecular complexity index is 1350. The maximum Gasteiger partial charge on any atom is 0.328 e. The number of methoxy groups -OCH3 is 3. The summed E-state index contributed by atoms with van der Waals surface area (Å²) in [6.07, 6.45) is 2.78. The Hall–Kier alpha value is -4.59. The first-order valence-electron chi connectivity index (χ1n) is 10.6. The lowest BCUT2D eigenvalue weighted by Gasteiger charge is -2.20. The number of ether oxygens (including phenoxy) is 3. The minimum atomic E-state index is -0.771. The standard InChI is InChI=1S/C24H24N6O5/c1-5-20(31)29-12-15(10-19(29)24(32)35-4)30-23-21(22(25)26-13-27-23)18(28-30)7-6-14-8-16(33-2)11-17(9-14)34-3/h5,8-9,11,13,15,19H,1,10,12H2,2-4H3,(H2,25,26,27)/t15-,19-/m0/s1. The fourth-order valence-electron chi connectivity index (χ4n) is 4.06. The Labute approximate surface area is 201 Å². The molecule has 0 bridgehead atoms. The summed E-state index contributed by atoms with van der Waals surface area (Å²) >= 11 is 0. The van der Waals surface area contributed by atoms with Gasteiger partial charge in [-0.2, -0.15) is 5.10 Å². The third kappa shape index (κ3) is 4.46. The van der Waals surface area contributed by atoms with Crippen LogP contribution in [0.4, 0.5) is 5.82 Å². The average molecular weight is 476 g/mol. The molecular weight excluding hydrogens is 452 g/mol. The summed E-state index contributed by atoms with van der Waals surface area (Å²) in [6.45, 7) is 3.74.